The van der Waals surface area contributed by atoms with Gasteiger partial charge in [-0.15, -0.1) is 0 Å². The van der Waals surface area contributed by atoms with E-state index in [1.165, 1.54) is 0 Å². The van der Waals surface area contributed by atoms with Crippen molar-refractivity contribution in [1.29, 1.82) is 0 Å². The Balaban J connectivity index is 2.26. The lowest BCUT2D eigenvalue weighted by Gasteiger charge is -2.01. The summed E-state index contributed by atoms with van der Waals surface area (Å²) in [6.07, 6.45) is 3.73. The van der Waals surface area contributed by atoms with Crippen LogP contribution in [-0.4, -0.2) is 30.6 Å². The SMILES string of the molecule is CCn1cc(OCCCS(=O)(=O)Cl)cn1. The molecule has 86 valence electrons. The fourth-order valence-corrected chi connectivity index (χ4v) is 1.80. The lowest BCUT2D eigenvalue weighted by Crippen LogP contribution is -2.04. The van der Waals surface area contributed by atoms with Gasteiger partial charge in [0.15, 0.2) is 5.75 Å². The summed E-state index contributed by atoms with van der Waals surface area (Å²) in [7, 11) is 1.64. The number of nitrogens with zero attached hydrogens (tertiary/aromatic N) is 2. The van der Waals surface area contributed by atoms with Gasteiger partial charge in [0.2, 0.25) is 9.05 Å². The Kier molecular flexibility index (Phi) is 4.41. The fraction of sp³-hybridized carbons (Fsp3) is 0.625. The van der Waals surface area contributed by atoms with Crippen LogP contribution in [0.4, 0.5) is 0 Å². The normalized spacial score (nSPS) is 11.6. The molecule has 1 rings (SSSR count). The van der Waals surface area contributed by atoms with E-state index in [2.05, 4.69) is 5.10 Å². The van der Waals surface area contributed by atoms with Crippen molar-refractivity contribution in [3.8, 4) is 5.75 Å². The average Bonchev–Trinajstić information content (AvgIpc) is 2.59. The Bertz CT molecular complexity index is 402. The van der Waals surface area contributed by atoms with Crippen LogP contribution in [0.25, 0.3) is 0 Å². The van der Waals surface area contributed by atoms with Gasteiger partial charge in [0.1, 0.15) is 0 Å². The first kappa shape index (κ1) is 12.3. The van der Waals surface area contributed by atoms with Crippen molar-refractivity contribution in [1.82, 2.24) is 9.78 Å². The highest BCUT2D eigenvalue weighted by Crippen LogP contribution is 2.08. The van der Waals surface area contributed by atoms with Crippen LogP contribution in [0.1, 0.15) is 13.3 Å². The molecule has 1 aromatic rings. The van der Waals surface area contributed by atoms with Crippen LogP contribution in [0.15, 0.2) is 12.4 Å². The first-order chi connectivity index (χ1) is 7.01. The molecule has 0 unspecified atom stereocenters. The second kappa shape index (κ2) is 5.37. The predicted octanol–water partition coefficient (Wildman–Crippen LogP) is 1.24. The molecule has 0 aliphatic heterocycles. The molecule has 1 heterocycles. The molecule has 0 aliphatic carbocycles. The van der Waals surface area contributed by atoms with Crippen LogP contribution in [0.2, 0.25) is 0 Å². The van der Waals surface area contributed by atoms with Crippen molar-refractivity contribution in [2.24, 2.45) is 0 Å². The van der Waals surface area contributed by atoms with E-state index in [9.17, 15) is 8.42 Å². The van der Waals surface area contributed by atoms with Crippen molar-refractivity contribution < 1.29 is 13.2 Å². The maximum Gasteiger partial charge on any atom is 0.232 e. The summed E-state index contributed by atoms with van der Waals surface area (Å²) < 4.78 is 28.2. The summed E-state index contributed by atoms with van der Waals surface area (Å²) in [6.45, 7) is 3.07. The lowest BCUT2D eigenvalue weighted by atomic mass is 10.5. The topological polar surface area (TPSA) is 61.2 Å². The van der Waals surface area contributed by atoms with Crippen molar-refractivity contribution in [2.75, 3.05) is 12.4 Å². The third-order valence-electron chi connectivity index (χ3n) is 1.73. The molecule has 0 spiro atoms. The van der Waals surface area contributed by atoms with Gasteiger partial charge in [0.05, 0.1) is 24.8 Å². The number of aryl methyl sites for hydroxylation is 1. The number of aromatic nitrogens is 2. The van der Waals surface area contributed by atoms with Gasteiger partial charge in [-0.05, 0) is 13.3 Å². The van der Waals surface area contributed by atoms with E-state index in [1.807, 2.05) is 6.92 Å². The van der Waals surface area contributed by atoms with E-state index in [-0.39, 0.29) is 5.75 Å². The van der Waals surface area contributed by atoms with Gasteiger partial charge < -0.3 is 4.74 Å². The van der Waals surface area contributed by atoms with Gasteiger partial charge in [0.25, 0.3) is 0 Å². The molecule has 0 N–H and O–H groups in total. The van der Waals surface area contributed by atoms with Crippen LogP contribution in [0.3, 0.4) is 0 Å². The molecule has 0 fully saturated rings. The zero-order valence-electron chi connectivity index (χ0n) is 8.39. The molecule has 0 aromatic carbocycles. The van der Waals surface area contributed by atoms with Crippen LogP contribution >= 0.6 is 10.7 Å². The average molecular weight is 253 g/mol. The van der Waals surface area contributed by atoms with E-state index < -0.39 is 9.05 Å². The minimum absolute atomic E-state index is 0.0729. The van der Waals surface area contributed by atoms with Crippen molar-refractivity contribution in [2.45, 2.75) is 19.9 Å². The smallest absolute Gasteiger partial charge is 0.232 e. The Morgan fingerprint density at radius 1 is 1.60 bits per heavy atom. The van der Waals surface area contributed by atoms with E-state index in [1.54, 1.807) is 17.1 Å². The number of halogens is 1. The molecule has 5 nitrogen and oxygen atoms in total. The number of rotatable bonds is 6. The molecule has 0 radical (unpaired) electrons. The zero-order valence-corrected chi connectivity index (χ0v) is 9.96. The molecule has 0 amide bonds. The van der Waals surface area contributed by atoms with E-state index in [0.717, 1.165) is 6.54 Å². The standard InChI is InChI=1S/C8H13ClN2O3S/c1-2-11-7-8(6-10-11)14-4-3-5-15(9,12)13/h6-7H,2-5H2,1H3. The maximum absolute atomic E-state index is 10.6. The van der Waals surface area contributed by atoms with Gasteiger partial charge in [0, 0.05) is 17.2 Å². The molecule has 15 heavy (non-hydrogen) atoms. The van der Waals surface area contributed by atoms with Gasteiger partial charge >= 0.3 is 0 Å². The van der Waals surface area contributed by atoms with E-state index in [0.29, 0.717) is 18.8 Å². The molecule has 0 saturated heterocycles. The Morgan fingerprint density at radius 3 is 2.87 bits per heavy atom. The lowest BCUT2D eigenvalue weighted by molar-refractivity contribution is 0.317. The number of hydrogen-bond donors (Lipinski definition) is 0. The quantitative estimate of drug-likeness (QED) is 0.565. The molecule has 7 heteroatoms. The summed E-state index contributed by atoms with van der Waals surface area (Å²) in [5.41, 5.74) is 0. The highest BCUT2D eigenvalue weighted by molar-refractivity contribution is 8.13. The molecular weight excluding hydrogens is 240 g/mol. The molecular formula is C8H13ClN2O3S. The largest absolute Gasteiger partial charge is 0.490 e. The number of hydrogen-bond acceptors (Lipinski definition) is 4. The first-order valence-electron chi connectivity index (χ1n) is 4.59. The summed E-state index contributed by atoms with van der Waals surface area (Å²) in [4.78, 5) is 0. The van der Waals surface area contributed by atoms with Gasteiger partial charge in [-0.2, -0.15) is 5.10 Å². The highest BCUT2D eigenvalue weighted by Gasteiger charge is 2.05. The molecule has 0 aliphatic rings. The minimum atomic E-state index is -3.41. The minimum Gasteiger partial charge on any atom is -0.490 e. The zero-order chi connectivity index (χ0) is 11.3. The second-order valence-electron chi connectivity index (χ2n) is 2.98. The third kappa shape index (κ3) is 5.03. The fourth-order valence-electron chi connectivity index (χ4n) is 1.01. The van der Waals surface area contributed by atoms with Crippen molar-refractivity contribution in [3.63, 3.8) is 0 Å². The third-order valence-corrected chi connectivity index (χ3v) is 2.97. The van der Waals surface area contributed by atoms with Gasteiger partial charge in [-0.25, -0.2) is 8.42 Å². The van der Waals surface area contributed by atoms with Crippen LogP contribution < -0.4 is 4.74 Å². The molecule has 0 atom stereocenters. The van der Waals surface area contributed by atoms with Crippen LogP contribution in [0, 0.1) is 0 Å². The predicted molar refractivity (Wildman–Crippen MR) is 57.7 cm³/mol. The monoisotopic (exact) mass is 252 g/mol. The van der Waals surface area contributed by atoms with Gasteiger partial charge in [-0.1, -0.05) is 0 Å². The first-order valence-corrected chi connectivity index (χ1v) is 7.06. The Morgan fingerprint density at radius 2 is 2.33 bits per heavy atom. The molecule has 1 aromatic heterocycles. The Labute approximate surface area is 93.4 Å². The van der Waals surface area contributed by atoms with Crippen molar-refractivity contribution in [3.05, 3.63) is 12.4 Å². The summed E-state index contributed by atoms with van der Waals surface area (Å²) >= 11 is 0. The van der Waals surface area contributed by atoms with E-state index in [4.69, 9.17) is 15.4 Å². The summed E-state index contributed by atoms with van der Waals surface area (Å²) in [5, 5.41) is 4.01. The van der Waals surface area contributed by atoms with E-state index >= 15 is 0 Å². The van der Waals surface area contributed by atoms with Crippen molar-refractivity contribution >= 4 is 19.7 Å². The number of ether oxygens (including phenoxy) is 1. The molecule has 0 bridgehead atoms. The second-order valence-corrected chi connectivity index (χ2v) is 5.87. The molecule has 0 saturated carbocycles. The van der Waals surface area contributed by atoms with Crippen LogP contribution in [0.5, 0.6) is 5.75 Å². The van der Waals surface area contributed by atoms with Crippen LogP contribution in [-0.2, 0) is 15.6 Å². The summed E-state index contributed by atoms with van der Waals surface area (Å²) in [6, 6.07) is 0. The van der Waals surface area contributed by atoms with Gasteiger partial charge in [-0.3, -0.25) is 4.68 Å². The Hall–Kier alpha value is -0.750. The summed E-state index contributed by atoms with van der Waals surface area (Å²) in [5.74, 6) is 0.569. The highest BCUT2D eigenvalue weighted by atomic mass is 35.7. The maximum atomic E-state index is 10.6.